The SMILES string of the molecule is COc1c(O)c(C)c(CC=C(C)CCC=C(C)CCCC(C)CCCC(C)CCCC(C)C)c(O)c1OC. The molecule has 0 radical (unpaired) electrons. The van der Waals surface area contributed by atoms with E-state index >= 15 is 0 Å². The summed E-state index contributed by atoms with van der Waals surface area (Å²) >= 11 is 0. The third-order valence-corrected chi connectivity index (χ3v) is 7.96. The molecule has 0 aliphatic heterocycles. The smallest absolute Gasteiger partial charge is 0.207 e. The summed E-state index contributed by atoms with van der Waals surface area (Å²) in [5.74, 6) is 2.94. The van der Waals surface area contributed by atoms with Crippen molar-refractivity contribution in [2.24, 2.45) is 17.8 Å². The van der Waals surface area contributed by atoms with Gasteiger partial charge in [0.25, 0.3) is 0 Å². The van der Waals surface area contributed by atoms with Crippen LogP contribution in [-0.4, -0.2) is 24.4 Å². The molecule has 0 bridgehead atoms. The maximum atomic E-state index is 10.7. The highest BCUT2D eigenvalue weighted by Crippen LogP contribution is 2.48. The van der Waals surface area contributed by atoms with Gasteiger partial charge in [-0.2, -0.15) is 0 Å². The summed E-state index contributed by atoms with van der Waals surface area (Å²) < 4.78 is 10.5. The van der Waals surface area contributed by atoms with E-state index in [0.717, 1.165) is 30.6 Å². The van der Waals surface area contributed by atoms with Gasteiger partial charge >= 0.3 is 0 Å². The number of allylic oxidation sites excluding steroid dienone is 4. The molecule has 1 rings (SSSR count). The molecule has 1 aromatic carbocycles. The quantitative estimate of drug-likeness (QED) is 0.138. The van der Waals surface area contributed by atoms with E-state index in [1.54, 1.807) is 6.92 Å². The van der Waals surface area contributed by atoms with Crippen LogP contribution in [0.1, 0.15) is 123 Å². The van der Waals surface area contributed by atoms with Crippen LogP contribution >= 0.6 is 0 Å². The van der Waals surface area contributed by atoms with E-state index in [1.807, 2.05) is 0 Å². The van der Waals surface area contributed by atoms with E-state index in [0.29, 0.717) is 17.5 Å². The molecule has 0 saturated heterocycles. The average Bonchev–Trinajstić information content (AvgIpc) is 2.85. The van der Waals surface area contributed by atoms with Crippen molar-refractivity contribution >= 4 is 0 Å². The fourth-order valence-electron chi connectivity index (χ4n) is 5.21. The first-order chi connectivity index (χ1) is 18.0. The molecule has 0 aliphatic rings. The molecule has 0 aliphatic carbocycles. The second-order valence-electron chi connectivity index (χ2n) is 12.1. The Labute approximate surface area is 234 Å². The standard InChI is InChI=1S/C34H58O4/c1-24(2)14-10-15-25(3)16-11-17-26(4)18-12-19-27(5)20-13-21-28(6)22-23-30-29(7)31(35)33(37-8)34(38-9)32(30)36/h20,22,24-26,35-36H,10-19,21,23H2,1-9H3. The minimum Gasteiger partial charge on any atom is -0.504 e. The zero-order valence-electron chi connectivity index (χ0n) is 26.1. The second kappa shape index (κ2) is 18.2. The van der Waals surface area contributed by atoms with Gasteiger partial charge in [0.15, 0.2) is 11.5 Å². The molecular weight excluding hydrogens is 472 g/mol. The van der Waals surface area contributed by atoms with Crippen molar-refractivity contribution in [1.82, 2.24) is 0 Å². The van der Waals surface area contributed by atoms with Crippen LogP contribution in [0.3, 0.4) is 0 Å². The first-order valence-electron chi connectivity index (χ1n) is 15.0. The Morgan fingerprint density at radius 1 is 0.711 bits per heavy atom. The lowest BCUT2D eigenvalue weighted by atomic mass is 9.91. The monoisotopic (exact) mass is 530 g/mol. The summed E-state index contributed by atoms with van der Waals surface area (Å²) in [6.45, 7) is 15.7. The average molecular weight is 531 g/mol. The van der Waals surface area contributed by atoms with Crippen LogP contribution in [0.4, 0.5) is 0 Å². The zero-order valence-corrected chi connectivity index (χ0v) is 26.1. The van der Waals surface area contributed by atoms with Crippen LogP contribution in [0, 0.1) is 24.7 Å². The minimum atomic E-state index is 0.0164. The third-order valence-electron chi connectivity index (χ3n) is 7.96. The molecule has 0 amide bonds. The van der Waals surface area contributed by atoms with Crippen LogP contribution in [0.2, 0.25) is 0 Å². The fourth-order valence-corrected chi connectivity index (χ4v) is 5.21. The Kier molecular flexibility index (Phi) is 16.3. The predicted octanol–water partition coefficient (Wildman–Crippen LogP) is 10.1. The van der Waals surface area contributed by atoms with Gasteiger partial charge in [-0.1, -0.05) is 95.9 Å². The Hall–Kier alpha value is -2.10. The minimum absolute atomic E-state index is 0.0164. The van der Waals surface area contributed by atoms with Crippen molar-refractivity contribution < 1.29 is 19.7 Å². The normalized spacial score (nSPS) is 14.2. The lowest BCUT2D eigenvalue weighted by molar-refractivity contribution is 0.314. The molecule has 2 unspecified atom stereocenters. The first kappa shape index (κ1) is 33.9. The van der Waals surface area contributed by atoms with Gasteiger partial charge in [0, 0.05) is 11.1 Å². The van der Waals surface area contributed by atoms with Crippen molar-refractivity contribution in [1.29, 1.82) is 0 Å². The Bertz CT molecular complexity index is 881. The number of phenolic OH excluding ortho intramolecular Hbond substituents is 2. The van der Waals surface area contributed by atoms with Gasteiger partial charge in [0.05, 0.1) is 14.2 Å². The number of hydrogen-bond donors (Lipinski definition) is 2. The van der Waals surface area contributed by atoms with Crippen molar-refractivity contribution in [3.8, 4) is 23.0 Å². The van der Waals surface area contributed by atoms with E-state index in [2.05, 4.69) is 53.7 Å². The predicted molar refractivity (Wildman–Crippen MR) is 163 cm³/mol. The summed E-state index contributed by atoms with van der Waals surface area (Å²) in [5, 5.41) is 21.1. The highest BCUT2D eigenvalue weighted by molar-refractivity contribution is 5.66. The summed E-state index contributed by atoms with van der Waals surface area (Å²) in [6, 6.07) is 0. The van der Waals surface area contributed by atoms with Gasteiger partial charge in [0.1, 0.15) is 0 Å². The van der Waals surface area contributed by atoms with E-state index < -0.39 is 0 Å². The fraction of sp³-hybridized carbons (Fsp3) is 0.706. The van der Waals surface area contributed by atoms with Gasteiger partial charge in [-0.3, -0.25) is 0 Å². The zero-order chi connectivity index (χ0) is 28.7. The third kappa shape index (κ3) is 12.2. The largest absolute Gasteiger partial charge is 0.504 e. The highest BCUT2D eigenvalue weighted by atomic mass is 16.5. The summed E-state index contributed by atoms with van der Waals surface area (Å²) in [7, 11) is 2.91. The number of rotatable bonds is 19. The lowest BCUT2D eigenvalue weighted by Crippen LogP contribution is -2.00. The van der Waals surface area contributed by atoms with Gasteiger partial charge in [-0.05, 0) is 70.6 Å². The number of benzene rings is 1. The Balaban J connectivity index is 2.38. The molecule has 2 N–H and O–H groups in total. The number of phenols is 2. The molecule has 2 atom stereocenters. The van der Waals surface area contributed by atoms with Crippen LogP contribution < -0.4 is 9.47 Å². The molecule has 4 nitrogen and oxygen atoms in total. The lowest BCUT2D eigenvalue weighted by Gasteiger charge is -2.17. The molecule has 0 heterocycles. The molecule has 218 valence electrons. The van der Waals surface area contributed by atoms with E-state index in [1.165, 1.54) is 83.2 Å². The molecule has 1 aromatic rings. The molecular formula is C34H58O4. The van der Waals surface area contributed by atoms with Crippen LogP contribution in [0.25, 0.3) is 0 Å². The highest BCUT2D eigenvalue weighted by Gasteiger charge is 2.22. The number of methoxy groups -OCH3 is 2. The molecule has 0 spiro atoms. The number of aromatic hydroxyl groups is 2. The van der Waals surface area contributed by atoms with E-state index in [-0.39, 0.29) is 23.0 Å². The maximum absolute atomic E-state index is 10.7. The summed E-state index contributed by atoms with van der Waals surface area (Å²) in [5.41, 5.74) is 4.04. The van der Waals surface area contributed by atoms with Crippen molar-refractivity contribution in [3.63, 3.8) is 0 Å². The van der Waals surface area contributed by atoms with E-state index in [9.17, 15) is 10.2 Å². The van der Waals surface area contributed by atoms with Crippen LogP contribution in [0.5, 0.6) is 23.0 Å². The summed E-state index contributed by atoms with van der Waals surface area (Å²) in [6.07, 6.45) is 19.2. The van der Waals surface area contributed by atoms with E-state index in [4.69, 9.17) is 9.47 Å². The molecule has 0 saturated carbocycles. The topological polar surface area (TPSA) is 58.9 Å². The van der Waals surface area contributed by atoms with Crippen LogP contribution in [0.15, 0.2) is 23.3 Å². The van der Waals surface area contributed by atoms with Gasteiger partial charge in [0.2, 0.25) is 11.5 Å². The molecule has 0 aromatic heterocycles. The van der Waals surface area contributed by atoms with Crippen molar-refractivity contribution in [2.75, 3.05) is 14.2 Å². The Morgan fingerprint density at radius 2 is 1.21 bits per heavy atom. The second-order valence-corrected chi connectivity index (χ2v) is 12.1. The van der Waals surface area contributed by atoms with Gasteiger partial charge in [-0.15, -0.1) is 0 Å². The first-order valence-corrected chi connectivity index (χ1v) is 15.0. The molecule has 0 fully saturated rings. The van der Waals surface area contributed by atoms with Crippen molar-refractivity contribution in [2.45, 2.75) is 126 Å². The molecule has 38 heavy (non-hydrogen) atoms. The Morgan fingerprint density at radius 3 is 1.76 bits per heavy atom. The van der Waals surface area contributed by atoms with Gasteiger partial charge < -0.3 is 19.7 Å². The van der Waals surface area contributed by atoms with Gasteiger partial charge in [-0.25, -0.2) is 0 Å². The molecule has 4 heteroatoms. The van der Waals surface area contributed by atoms with Crippen LogP contribution in [-0.2, 0) is 6.42 Å². The summed E-state index contributed by atoms with van der Waals surface area (Å²) in [4.78, 5) is 0. The maximum Gasteiger partial charge on any atom is 0.207 e. The number of ether oxygens (including phenoxy) is 2. The van der Waals surface area contributed by atoms with Crippen molar-refractivity contribution in [3.05, 3.63) is 34.4 Å². The number of hydrogen-bond acceptors (Lipinski definition) is 4.